The number of nitrogens with one attached hydrogen (secondary N) is 1. The first-order valence-corrected chi connectivity index (χ1v) is 14.1. The first kappa shape index (κ1) is 26.2. The van der Waals surface area contributed by atoms with E-state index in [1.807, 2.05) is 42.3 Å². The Morgan fingerprint density at radius 1 is 1.08 bits per heavy atom. The molecule has 200 valence electrons. The average molecular weight is 535 g/mol. The molecule has 2 aromatic heterocycles. The molecule has 2 fully saturated rings. The van der Waals surface area contributed by atoms with Crippen LogP contribution in [0, 0.1) is 11.8 Å². The molecule has 1 aromatic carbocycles. The molecule has 0 atom stereocenters. The van der Waals surface area contributed by atoms with E-state index in [1.54, 1.807) is 17.1 Å². The molecule has 0 spiro atoms. The van der Waals surface area contributed by atoms with Crippen LogP contribution in [0.2, 0.25) is 0 Å². The molecule has 1 N–H and O–H groups in total. The number of ether oxygens (including phenoxy) is 1. The van der Waals surface area contributed by atoms with Crippen molar-refractivity contribution in [2.24, 2.45) is 18.9 Å². The first-order chi connectivity index (χ1) is 18.3. The lowest BCUT2D eigenvalue weighted by Gasteiger charge is -2.40. The van der Waals surface area contributed by atoms with Gasteiger partial charge >= 0.3 is 5.97 Å². The van der Waals surface area contributed by atoms with Crippen molar-refractivity contribution in [1.82, 2.24) is 9.55 Å². The van der Waals surface area contributed by atoms with Crippen molar-refractivity contribution in [3.05, 3.63) is 53.4 Å². The molecule has 0 saturated heterocycles. The lowest BCUT2D eigenvalue weighted by molar-refractivity contribution is -0.124. The summed E-state index contributed by atoms with van der Waals surface area (Å²) in [4.78, 5) is 46.5. The zero-order valence-corrected chi connectivity index (χ0v) is 22.9. The van der Waals surface area contributed by atoms with Crippen LogP contribution in [-0.4, -0.2) is 40.5 Å². The molecular formula is C29H34N4O4S. The van der Waals surface area contributed by atoms with Gasteiger partial charge in [-0.05, 0) is 74.6 Å². The van der Waals surface area contributed by atoms with Gasteiger partial charge in [-0.15, -0.1) is 11.3 Å². The van der Waals surface area contributed by atoms with E-state index in [4.69, 9.17) is 4.74 Å². The third-order valence-corrected chi connectivity index (χ3v) is 8.90. The van der Waals surface area contributed by atoms with E-state index in [1.165, 1.54) is 18.4 Å². The summed E-state index contributed by atoms with van der Waals surface area (Å²) in [5.41, 5.74) is 2.55. The fourth-order valence-electron chi connectivity index (χ4n) is 5.23. The molecule has 9 heteroatoms. The summed E-state index contributed by atoms with van der Waals surface area (Å²) in [6.07, 6.45) is 10.2. The van der Waals surface area contributed by atoms with Gasteiger partial charge in [0.2, 0.25) is 5.91 Å². The van der Waals surface area contributed by atoms with Gasteiger partial charge in [-0.1, -0.05) is 19.1 Å². The van der Waals surface area contributed by atoms with Crippen LogP contribution in [0.25, 0.3) is 10.4 Å². The third-order valence-electron chi connectivity index (χ3n) is 7.75. The molecule has 2 amide bonds. The Morgan fingerprint density at radius 2 is 1.79 bits per heavy atom. The van der Waals surface area contributed by atoms with E-state index >= 15 is 0 Å². The van der Waals surface area contributed by atoms with E-state index in [0.717, 1.165) is 55.4 Å². The number of carbonyl (C=O) groups is 3. The minimum atomic E-state index is -0.426. The van der Waals surface area contributed by atoms with Crippen molar-refractivity contribution < 1.29 is 19.1 Å². The molecule has 2 aliphatic rings. The SMILES string of the molecule is COC(=O)c1sc(-c2ccc(NC(=O)c3cn(C)cn3)cc2)cc1N(C(=O)C1CCC(C)CC1)C1CCC1. The number of imidazole rings is 1. The number of carbonyl (C=O) groups excluding carboxylic acids is 3. The maximum atomic E-state index is 13.8. The summed E-state index contributed by atoms with van der Waals surface area (Å²) in [5.74, 6) is 0.0963. The predicted molar refractivity (Wildman–Crippen MR) is 149 cm³/mol. The van der Waals surface area contributed by atoms with E-state index in [-0.39, 0.29) is 23.8 Å². The zero-order valence-electron chi connectivity index (χ0n) is 22.1. The Balaban J connectivity index is 1.42. The number of esters is 1. The van der Waals surface area contributed by atoms with Crippen molar-refractivity contribution in [3.8, 4) is 10.4 Å². The van der Waals surface area contributed by atoms with Gasteiger partial charge in [0.05, 0.1) is 19.1 Å². The molecule has 2 saturated carbocycles. The number of methoxy groups -OCH3 is 1. The topological polar surface area (TPSA) is 93.5 Å². The monoisotopic (exact) mass is 534 g/mol. The van der Waals surface area contributed by atoms with E-state index in [2.05, 4.69) is 17.2 Å². The standard InChI is InChI=1S/C29H34N4O4S/c1-18-7-9-20(10-8-18)28(35)33(22-5-4-6-22)24-15-25(38-26(24)29(36)37-3)19-11-13-21(14-12-19)31-27(34)23-16-32(2)17-30-23/h11-18,20,22H,4-10H2,1-3H3,(H,31,34). The summed E-state index contributed by atoms with van der Waals surface area (Å²) < 4.78 is 6.85. The second-order valence-electron chi connectivity index (χ2n) is 10.5. The van der Waals surface area contributed by atoms with Crippen LogP contribution in [0.3, 0.4) is 0 Å². The number of rotatable bonds is 7. The second-order valence-corrected chi connectivity index (χ2v) is 11.6. The smallest absolute Gasteiger partial charge is 0.350 e. The van der Waals surface area contributed by atoms with Crippen molar-refractivity contribution >= 4 is 40.5 Å². The molecular weight excluding hydrogens is 500 g/mol. The van der Waals surface area contributed by atoms with E-state index in [9.17, 15) is 14.4 Å². The fraction of sp³-hybridized carbons (Fsp3) is 0.448. The largest absolute Gasteiger partial charge is 0.465 e. The van der Waals surface area contributed by atoms with Crippen molar-refractivity contribution in [2.45, 2.75) is 57.9 Å². The Morgan fingerprint density at radius 3 is 2.37 bits per heavy atom. The minimum absolute atomic E-state index is 0.00245. The second kappa shape index (κ2) is 11.1. The molecule has 5 rings (SSSR count). The summed E-state index contributed by atoms with van der Waals surface area (Å²) in [5, 5.41) is 2.86. The number of hydrogen-bond donors (Lipinski definition) is 1. The number of nitrogens with zero attached hydrogens (tertiary/aromatic N) is 3. The van der Waals surface area contributed by atoms with Gasteiger partial charge in [0, 0.05) is 35.8 Å². The van der Waals surface area contributed by atoms with Gasteiger partial charge in [-0.25, -0.2) is 9.78 Å². The summed E-state index contributed by atoms with van der Waals surface area (Å²) in [6, 6.07) is 9.54. The van der Waals surface area contributed by atoms with Gasteiger partial charge in [0.1, 0.15) is 10.6 Å². The van der Waals surface area contributed by atoms with Crippen LogP contribution in [0.5, 0.6) is 0 Å². The van der Waals surface area contributed by atoms with Gasteiger partial charge < -0.3 is 19.5 Å². The fourth-order valence-corrected chi connectivity index (χ4v) is 6.30. The Hall–Kier alpha value is -3.46. The maximum absolute atomic E-state index is 13.8. The van der Waals surface area contributed by atoms with Gasteiger partial charge in [-0.2, -0.15) is 0 Å². The van der Waals surface area contributed by atoms with E-state index < -0.39 is 5.97 Å². The highest BCUT2D eigenvalue weighted by atomic mass is 32.1. The molecule has 3 aromatic rings. The van der Waals surface area contributed by atoms with Crippen LogP contribution in [0.15, 0.2) is 42.9 Å². The van der Waals surface area contributed by atoms with Crippen LogP contribution in [0.1, 0.15) is 72.0 Å². The number of amides is 2. The lowest BCUT2D eigenvalue weighted by atomic mass is 9.81. The van der Waals surface area contributed by atoms with Crippen molar-refractivity contribution in [2.75, 3.05) is 17.3 Å². The lowest BCUT2D eigenvalue weighted by Crippen LogP contribution is -2.48. The number of aryl methyl sites for hydroxylation is 1. The van der Waals surface area contributed by atoms with Gasteiger partial charge in [0.15, 0.2) is 0 Å². The number of thiophene rings is 1. The molecule has 8 nitrogen and oxygen atoms in total. The number of anilines is 2. The quantitative estimate of drug-likeness (QED) is 0.381. The molecule has 0 radical (unpaired) electrons. The highest BCUT2D eigenvalue weighted by Gasteiger charge is 2.38. The average Bonchev–Trinajstić information content (AvgIpc) is 3.53. The van der Waals surface area contributed by atoms with Crippen molar-refractivity contribution in [1.29, 1.82) is 0 Å². The summed E-state index contributed by atoms with van der Waals surface area (Å²) in [6.45, 7) is 2.25. The Labute approximate surface area is 227 Å². The Bertz CT molecular complexity index is 1320. The normalized spacial score (nSPS) is 19.4. The molecule has 0 bridgehead atoms. The molecule has 38 heavy (non-hydrogen) atoms. The minimum Gasteiger partial charge on any atom is -0.465 e. The number of aromatic nitrogens is 2. The highest BCUT2D eigenvalue weighted by molar-refractivity contribution is 7.18. The van der Waals surface area contributed by atoms with Crippen LogP contribution in [0.4, 0.5) is 11.4 Å². The van der Waals surface area contributed by atoms with E-state index in [0.29, 0.717) is 27.9 Å². The molecule has 0 unspecified atom stereocenters. The Kier molecular flexibility index (Phi) is 7.65. The van der Waals surface area contributed by atoms with Gasteiger partial charge in [0.25, 0.3) is 5.91 Å². The maximum Gasteiger partial charge on any atom is 0.350 e. The highest BCUT2D eigenvalue weighted by Crippen LogP contribution is 2.43. The molecule has 0 aliphatic heterocycles. The van der Waals surface area contributed by atoms with Gasteiger partial charge in [-0.3, -0.25) is 9.59 Å². The molecule has 2 aliphatic carbocycles. The number of hydrogen-bond acceptors (Lipinski definition) is 6. The third kappa shape index (κ3) is 5.38. The molecule has 2 heterocycles. The van der Waals surface area contributed by atoms with Crippen LogP contribution < -0.4 is 10.2 Å². The van der Waals surface area contributed by atoms with Crippen molar-refractivity contribution in [3.63, 3.8) is 0 Å². The summed E-state index contributed by atoms with van der Waals surface area (Å²) in [7, 11) is 3.19. The number of benzene rings is 1. The first-order valence-electron chi connectivity index (χ1n) is 13.3. The zero-order chi connectivity index (χ0) is 26.8. The predicted octanol–water partition coefficient (Wildman–Crippen LogP) is 5.90. The summed E-state index contributed by atoms with van der Waals surface area (Å²) >= 11 is 1.34. The van der Waals surface area contributed by atoms with Crippen LogP contribution in [-0.2, 0) is 16.6 Å². The van der Waals surface area contributed by atoms with Crippen LogP contribution >= 0.6 is 11.3 Å².